The van der Waals surface area contributed by atoms with Crippen molar-refractivity contribution in [1.29, 1.82) is 0 Å². The van der Waals surface area contributed by atoms with Crippen LogP contribution >= 0.6 is 11.8 Å². The number of benzene rings is 1. The van der Waals surface area contributed by atoms with Gasteiger partial charge in [-0.1, -0.05) is 18.2 Å². The van der Waals surface area contributed by atoms with Crippen LogP contribution in [0.25, 0.3) is 17.0 Å². The monoisotopic (exact) mass is 402 g/mol. The smallest absolute Gasteiger partial charge is 0.325 e. The highest BCUT2D eigenvalue weighted by Gasteiger charge is 2.36. The third kappa shape index (κ3) is 3.94. The molecule has 0 atom stereocenters. The van der Waals surface area contributed by atoms with Gasteiger partial charge in [0.15, 0.2) is 0 Å². The summed E-state index contributed by atoms with van der Waals surface area (Å²) in [7, 11) is 1.19. The Hall–Kier alpha value is -3.07. The van der Waals surface area contributed by atoms with Crippen LogP contribution in [0.15, 0.2) is 35.4 Å². The highest BCUT2D eigenvalue weighted by atomic mass is 32.2. The summed E-state index contributed by atoms with van der Waals surface area (Å²) >= 11 is 0.759. The van der Waals surface area contributed by atoms with Crippen LogP contribution in [-0.4, -0.2) is 52.8 Å². The van der Waals surface area contributed by atoms with Crippen molar-refractivity contribution in [2.75, 3.05) is 20.3 Å². The molecule has 2 amide bonds. The normalized spacial score (nSPS) is 15.5. The van der Waals surface area contributed by atoms with Crippen LogP contribution in [0.2, 0.25) is 0 Å². The second-order valence-corrected chi connectivity index (χ2v) is 6.87. The van der Waals surface area contributed by atoms with Gasteiger partial charge in [0.05, 0.1) is 18.6 Å². The van der Waals surface area contributed by atoms with Crippen molar-refractivity contribution >= 4 is 51.8 Å². The Morgan fingerprint density at radius 2 is 1.89 bits per heavy atom. The molecule has 8 nitrogen and oxygen atoms in total. The number of rotatable bonds is 6. The van der Waals surface area contributed by atoms with E-state index in [1.54, 1.807) is 23.8 Å². The highest BCUT2D eigenvalue weighted by Crippen LogP contribution is 2.34. The summed E-state index contributed by atoms with van der Waals surface area (Å²) < 4.78 is 11.3. The molecular weight excluding hydrogens is 384 g/mol. The molecule has 1 aromatic heterocycles. The predicted octanol–water partition coefficient (Wildman–Crippen LogP) is 2.41. The van der Waals surface area contributed by atoms with Gasteiger partial charge in [-0.15, -0.1) is 0 Å². The maximum atomic E-state index is 12.5. The van der Waals surface area contributed by atoms with E-state index in [0.29, 0.717) is 5.56 Å². The van der Waals surface area contributed by atoms with Gasteiger partial charge in [-0.05, 0) is 30.8 Å². The number of hydrogen-bond acceptors (Lipinski definition) is 7. The lowest BCUT2D eigenvalue weighted by atomic mass is 10.1. The Morgan fingerprint density at radius 3 is 2.61 bits per heavy atom. The van der Waals surface area contributed by atoms with Crippen molar-refractivity contribution in [3.8, 4) is 0 Å². The van der Waals surface area contributed by atoms with Crippen LogP contribution in [0, 0.1) is 0 Å². The van der Waals surface area contributed by atoms with Crippen molar-refractivity contribution < 1.29 is 28.7 Å². The van der Waals surface area contributed by atoms with E-state index in [4.69, 9.17) is 4.74 Å². The van der Waals surface area contributed by atoms with Crippen molar-refractivity contribution in [3.05, 3.63) is 40.9 Å². The minimum absolute atomic E-state index is 0.0337. The number of amides is 2. The van der Waals surface area contributed by atoms with Crippen LogP contribution in [-0.2, 0) is 30.4 Å². The number of imide groups is 1. The third-order valence-corrected chi connectivity index (χ3v) is 5.01. The molecule has 0 radical (unpaired) electrons. The fourth-order valence-corrected chi connectivity index (χ4v) is 3.67. The zero-order chi connectivity index (χ0) is 20.3. The molecule has 146 valence electrons. The van der Waals surface area contributed by atoms with E-state index in [1.807, 2.05) is 24.3 Å². The fraction of sp³-hybridized carbons (Fsp3) is 0.263. The first kappa shape index (κ1) is 19.7. The molecule has 28 heavy (non-hydrogen) atoms. The summed E-state index contributed by atoms with van der Waals surface area (Å²) in [5.41, 5.74) is 1.49. The van der Waals surface area contributed by atoms with Gasteiger partial charge < -0.3 is 14.0 Å². The number of hydrogen-bond donors (Lipinski definition) is 0. The van der Waals surface area contributed by atoms with E-state index >= 15 is 0 Å². The lowest BCUT2D eigenvalue weighted by Gasteiger charge is -2.09. The topological polar surface area (TPSA) is 94.9 Å². The van der Waals surface area contributed by atoms with Gasteiger partial charge in [0.2, 0.25) is 0 Å². The summed E-state index contributed by atoms with van der Waals surface area (Å²) in [5, 5.41) is 0.295. The first-order valence-corrected chi connectivity index (χ1v) is 9.32. The standard InChI is InChI=1S/C19H18N2O6S/c1-3-27-17(23)10-20-9-12(13-6-4-5-7-14(13)20)8-15-18(24)21(19(25)28-15)11-16(22)26-2/h4-9H,3,10-11H2,1-2H3/b15-8-. The molecular formula is C19H18N2O6S. The zero-order valence-corrected chi connectivity index (χ0v) is 16.2. The van der Waals surface area contributed by atoms with Crippen molar-refractivity contribution in [3.63, 3.8) is 0 Å². The summed E-state index contributed by atoms with van der Waals surface area (Å²) in [5.74, 6) is -1.59. The molecule has 2 heterocycles. The van der Waals surface area contributed by atoms with Gasteiger partial charge in [-0.3, -0.25) is 24.1 Å². The molecule has 1 saturated heterocycles. The molecule has 1 aliphatic rings. The molecule has 1 aromatic carbocycles. The number of ether oxygens (including phenoxy) is 2. The number of para-hydroxylation sites is 1. The molecule has 0 spiro atoms. The zero-order valence-electron chi connectivity index (χ0n) is 15.3. The van der Waals surface area contributed by atoms with Crippen LogP contribution in [0.5, 0.6) is 0 Å². The van der Waals surface area contributed by atoms with Crippen LogP contribution in [0.1, 0.15) is 12.5 Å². The number of methoxy groups -OCH3 is 1. The van der Waals surface area contributed by atoms with E-state index in [9.17, 15) is 19.2 Å². The molecule has 0 aliphatic carbocycles. The Bertz CT molecular complexity index is 993. The fourth-order valence-electron chi connectivity index (χ4n) is 2.84. The summed E-state index contributed by atoms with van der Waals surface area (Å²) in [6.07, 6.45) is 3.32. The number of carbonyl (C=O) groups is 4. The van der Waals surface area contributed by atoms with E-state index in [2.05, 4.69) is 4.74 Å². The molecule has 0 N–H and O–H groups in total. The van der Waals surface area contributed by atoms with E-state index in [-0.39, 0.29) is 24.0 Å². The summed E-state index contributed by atoms with van der Waals surface area (Å²) in [6.45, 7) is 1.63. The van der Waals surface area contributed by atoms with Crippen molar-refractivity contribution in [2.45, 2.75) is 13.5 Å². The van der Waals surface area contributed by atoms with Gasteiger partial charge >= 0.3 is 11.9 Å². The minimum atomic E-state index is -0.672. The van der Waals surface area contributed by atoms with Crippen molar-refractivity contribution in [1.82, 2.24) is 9.47 Å². The third-order valence-electron chi connectivity index (χ3n) is 4.10. The summed E-state index contributed by atoms with van der Waals surface area (Å²) in [6, 6.07) is 7.41. The first-order chi connectivity index (χ1) is 13.4. The van der Waals surface area contributed by atoms with E-state index < -0.39 is 23.7 Å². The average molecular weight is 402 g/mol. The van der Waals surface area contributed by atoms with Gasteiger partial charge in [0.25, 0.3) is 11.1 Å². The van der Waals surface area contributed by atoms with Crippen LogP contribution < -0.4 is 0 Å². The Kier molecular flexibility index (Phi) is 5.84. The first-order valence-electron chi connectivity index (χ1n) is 8.50. The van der Waals surface area contributed by atoms with E-state index in [0.717, 1.165) is 27.6 Å². The average Bonchev–Trinajstić information content (AvgIpc) is 3.14. The SMILES string of the molecule is CCOC(=O)Cn1cc(/C=C2\SC(=O)N(CC(=O)OC)C2=O)c2ccccc21. The van der Waals surface area contributed by atoms with Crippen LogP contribution in [0.3, 0.4) is 0 Å². The Labute approximate surface area is 165 Å². The lowest BCUT2D eigenvalue weighted by Crippen LogP contribution is -2.34. The number of carbonyl (C=O) groups excluding carboxylic acids is 4. The molecule has 3 rings (SSSR count). The molecule has 2 aromatic rings. The number of nitrogens with zero attached hydrogens (tertiary/aromatic N) is 2. The van der Waals surface area contributed by atoms with Gasteiger partial charge in [-0.25, -0.2) is 0 Å². The number of thioether (sulfide) groups is 1. The highest BCUT2D eigenvalue weighted by molar-refractivity contribution is 8.18. The molecule has 0 unspecified atom stereocenters. The quantitative estimate of drug-likeness (QED) is 0.541. The number of esters is 2. The van der Waals surface area contributed by atoms with E-state index in [1.165, 1.54) is 7.11 Å². The van der Waals surface area contributed by atoms with Gasteiger partial charge in [0.1, 0.15) is 13.1 Å². The minimum Gasteiger partial charge on any atom is -0.468 e. The molecule has 0 bridgehead atoms. The second-order valence-electron chi connectivity index (χ2n) is 5.88. The number of aromatic nitrogens is 1. The molecule has 1 aliphatic heterocycles. The van der Waals surface area contributed by atoms with Crippen molar-refractivity contribution in [2.24, 2.45) is 0 Å². The van der Waals surface area contributed by atoms with Gasteiger partial charge in [0, 0.05) is 22.7 Å². The molecule has 9 heteroatoms. The number of fused-ring (bicyclic) bond motifs is 1. The maximum absolute atomic E-state index is 12.5. The lowest BCUT2D eigenvalue weighted by molar-refractivity contribution is -0.144. The summed E-state index contributed by atoms with van der Waals surface area (Å²) in [4.78, 5) is 48.9. The van der Waals surface area contributed by atoms with Crippen LogP contribution in [0.4, 0.5) is 4.79 Å². The second kappa shape index (κ2) is 8.30. The Morgan fingerprint density at radius 1 is 1.14 bits per heavy atom. The molecule has 0 saturated carbocycles. The Balaban J connectivity index is 1.94. The van der Waals surface area contributed by atoms with Gasteiger partial charge in [-0.2, -0.15) is 0 Å². The molecule has 1 fully saturated rings. The maximum Gasteiger partial charge on any atom is 0.325 e. The largest absolute Gasteiger partial charge is 0.468 e. The predicted molar refractivity (Wildman–Crippen MR) is 103 cm³/mol.